The summed E-state index contributed by atoms with van der Waals surface area (Å²) < 4.78 is 6.43. The molecule has 3 aromatic rings. The van der Waals surface area contributed by atoms with Gasteiger partial charge in [-0.2, -0.15) is 0 Å². The average Bonchev–Trinajstić information content (AvgIpc) is 3.56. The molecule has 1 atom stereocenters. The molecule has 4 rings (SSSR count). The van der Waals surface area contributed by atoms with Crippen LogP contribution in [-0.2, 0) is 24.4 Å². The first-order valence-corrected chi connectivity index (χ1v) is 10.4. The van der Waals surface area contributed by atoms with Gasteiger partial charge in [0.15, 0.2) is 0 Å². The quantitative estimate of drug-likeness (QED) is 0.542. The average molecular weight is 388 g/mol. The molecule has 0 amide bonds. The molecule has 0 heterocycles. The molecule has 0 aliphatic heterocycles. The van der Waals surface area contributed by atoms with E-state index in [1.807, 2.05) is 30.3 Å². The van der Waals surface area contributed by atoms with E-state index in [2.05, 4.69) is 65.6 Å². The molecule has 1 fully saturated rings. The molecule has 0 aromatic heterocycles. The number of hydrogen-bond donors (Lipinski definition) is 1. The zero-order valence-corrected chi connectivity index (χ0v) is 16.8. The van der Waals surface area contributed by atoms with Crippen molar-refractivity contribution < 1.29 is 9.84 Å². The second-order valence-corrected chi connectivity index (χ2v) is 7.91. The second kappa shape index (κ2) is 9.36. The van der Waals surface area contributed by atoms with Crippen molar-refractivity contribution in [2.75, 3.05) is 6.61 Å². The van der Waals surface area contributed by atoms with Crippen molar-refractivity contribution in [3.63, 3.8) is 0 Å². The molecule has 3 heteroatoms. The Morgan fingerprint density at radius 2 is 1.17 bits per heavy atom. The fourth-order valence-electron chi connectivity index (χ4n) is 4.02. The van der Waals surface area contributed by atoms with Crippen molar-refractivity contribution >= 4 is 0 Å². The summed E-state index contributed by atoms with van der Waals surface area (Å²) >= 11 is 0. The van der Waals surface area contributed by atoms with Gasteiger partial charge in [-0.1, -0.05) is 91.0 Å². The highest BCUT2D eigenvalue weighted by Gasteiger charge is 2.52. The number of benzene rings is 3. The van der Waals surface area contributed by atoms with Gasteiger partial charge in [0.25, 0.3) is 0 Å². The summed E-state index contributed by atoms with van der Waals surface area (Å²) in [5, 5.41) is 10.4. The summed E-state index contributed by atoms with van der Waals surface area (Å²) in [4.78, 5) is 2.38. The third kappa shape index (κ3) is 5.13. The maximum Gasteiger partial charge on any atom is 0.0866 e. The largest absolute Gasteiger partial charge is 0.395 e. The van der Waals surface area contributed by atoms with Crippen molar-refractivity contribution in [1.82, 2.24) is 4.90 Å². The van der Waals surface area contributed by atoms with Gasteiger partial charge in [-0.3, -0.25) is 4.90 Å². The molecule has 0 unspecified atom stereocenters. The highest BCUT2D eigenvalue weighted by Crippen LogP contribution is 2.46. The SMILES string of the molecule is OC[C@H](N(Cc1ccccc1)Cc1ccccc1)C1(OCc2ccccc2)CC1. The maximum absolute atomic E-state index is 10.4. The Balaban J connectivity index is 1.53. The van der Waals surface area contributed by atoms with Crippen LogP contribution in [0.25, 0.3) is 0 Å². The standard InChI is InChI=1S/C26H29NO2/c28-20-25(26(16-17-26)29-21-24-14-8-3-9-15-24)27(18-22-10-4-1-5-11-22)19-23-12-6-2-7-13-23/h1-15,25,28H,16-21H2/t25-/m0/s1. The molecule has 29 heavy (non-hydrogen) atoms. The molecule has 150 valence electrons. The minimum Gasteiger partial charge on any atom is -0.395 e. The van der Waals surface area contributed by atoms with Gasteiger partial charge in [0.1, 0.15) is 0 Å². The molecule has 0 radical (unpaired) electrons. The van der Waals surface area contributed by atoms with E-state index in [1.165, 1.54) is 16.7 Å². The summed E-state index contributed by atoms with van der Waals surface area (Å²) in [6, 6.07) is 31.2. The van der Waals surface area contributed by atoms with E-state index in [4.69, 9.17) is 4.74 Å². The van der Waals surface area contributed by atoms with Gasteiger partial charge >= 0.3 is 0 Å². The monoisotopic (exact) mass is 387 g/mol. The van der Waals surface area contributed by atoms with E-state index in [1.54, 1.807) is 0 Å². The molecule has 0 spiro atoms. The topological polar surface area (TPSA) is 32.7 Å². The Kier molecular flexibility index (Phi) is 6.40. The van der Waals surface area contributed by atoms with E-state index in [0.717, 1.165) is 25.9 Å². The number of rotatable bonds is 10. The highest BCUT2D eigenvalue weighted by molar-refractivity contribution is 5.19. The van der Waals surface area contributed by atoms with E-state index >= 15 is 0 Å². The molecule has 1 N–H and O–H groups in total. The summed E-state index contributed by atoms with van der Waals surface area (Å²) in [5.74, 6) is 0. The van der Waals surface area contributed by atoms with Crippen molar-refractivity contribution in [2.45, 2.75) is 44.2 Å². The lowest BCUT2D eigenvalue weighted by atomic mass is 10.0. The molecule has 3 nitrogen and oxygen atoms in total. The summed E-state index contributed by atoms with van der Waals surface area (Å²) in [5.41, 5.74) is 3.41. The molecular weight excluding hydrogens is 358 g/mol. The second-order valence-electron chi connectivity index (χ2n) is 7.91. The minimum absolute atomic E-state index is 0.0355. The molecule has 0 saturated heterocycles. The van der Waals surface area contributed by atoms with E-state index < -0.39 is 0 Å². The number of nitrogens with zero attached hydrogens (tertiary/aromatic N) is 1. The van der Waals surface area contributed by atoms with Crippen LogP contribution < -0.4 is 0 Å². The van der Waals surface area contributed by atoms with Crippen LogP contribution in [0.2, 0.25) is 0 Å². The lowest BCUT2D eigenvalue weighted by Gasteiger charge is -2.36. The molecule has 1 aliphatic carbocycles. The lowest BCUT2D eigenvalue weighted by molar-refractivity contribution is -0.0656. The predicted molar refractivity (Wildman–Crippen MR) is 116 cm³/mol. The lowest BCUT2D eigenvalue weighted by Crippen LogP contribution is -2.48. The zero-order chi connectivity index (χ0) is 19.9. The Hall–Kier alpha value is -2.46. The first-order chi connectivity index (χ1) is 14.3. The van der Waals surface area contributed by atoms with Crippen LogP contribution in [0.1, 0.15) is 29.5 Å². The smallest absolute Gasteiger partial charge is 0.0866 e. The van der Waals surface area contributed by atoms with Crippen LogP contribution in [0.5, 0.6) is 0 Å². The maximum atomic E-state index is 10.4. The van der Waals surface area contributed by atoms with Crippen LogP contribution in [0, 0.1) is 0 Å². The molecule has 0 bridgehead atoms. The predicted octanol–water partition coefficient (Wildman–Crippen LogP) is 4.80. The normalized spacial score (nSPS) is 15.9. The molecule has 3 aromatic carbocycles. The van der Waals surface area contributed by atoms with Gasteiger partial charge < -0.3 is 9.84 Å². The van der Waals surface area contributed by atoms with Gasteiger partial charge in [-0.05, 0) is 29.5 Å². The van der Waals surface area contributed by atoms with Crippen LogP contribution in [0.4, 0.5) is 0 Å². The zero-order valence-electron chi connectivity index (χ0n) is 16.8. The van der Waals surface area contributed by atoms with Gasteiger partial charge in [0.2, 0.25) is 0 Å². The van der Waals surface area contributed by atoms with Crippen molar-refractivity contribution in [3.05, 3.63) is 108 Å². The summed E-state index contributed by atoms with van der Waals surface area (Å²) in [7, 11) is 0. The third-order valence-corrected chi connectivity index (χ3v) is 5.79. The summed E-state index contributed by atoms with van der Waals surface area (Å²) in [6.07, 6.45) is 1.98. The van der Waals surface area contributed by atoms with Crippen LogP contribution in [0.3, 0.4) is 0 Å². The Morgan fingerprint density at radius 1 is 0.724 bits per heavy atom. The number of hydrogen-bond acceptors (Lipinski definition) is 3. The van der Waals surface area contributed by atoms with Crippen molar-refractivity contribution in [2.24, 2.45) is 0 Å². The fourth-order valence-corrected chi connectivity index (χ4v) is 4.02. The van der Waals surface area contributed by atoms with Crippen LogP contribution in [0.15, 0.2) is 91.0 Å². The van der Waals surface area contributed by atoms with Crippen LogP contribution in [-0.4, -0.2) is 28.3 Å². The van der Waals surface area contributed by atoms with Gasteiger partial charge in [-0.25, -0.2) is 0 Å². The highest BCUT2D eigenvalue weighted by atomic mass is 16.5. The fraction of sp³-hybridized carbons (Fsp3) is 0.308. The number of aliphatic hydroxyl groups excluding tert-OH is 1. The minimum atomic E-state index is -0.270. The van der Waals surface area contributed by atoms with Crippen LogP contribution >= 0.6 is 0 Å². The first kappa shape index (κ1) is 19.8. The Bertz CT molecular complexity index is 821. The van der Waals surface area contributed by atoms with E-state index in [0.29, 0.717) is 6.61 Å². The number of ether oxygens (including phenoxy) is 1. The van der Waals surface area contributed by atoms with Crippen molar-refractivity contribution in [3.8, 4) is 0 Å². The van der Waals surface area contributed by atoms with E-state index in [-0.39, 0.29) is 18.2 Å². The Labute approximate surface area is 173 Å². The summed E-state index contributed by atoms with van der Waals surface area (Å²) in [6.45, 7) is 2.26. The first-order valence-electron chi connectivity index (χ1n) is 10.4. The van der Waals surface area contributed by atoms with Gasteiger partial charge in [0.05, 0.1) is 24.9 Å². The number of aliphatic hydroxyl groups is 1. The van der Waals surface area contributed by atoms with Gasteiger partial charge in [0, 0.05) is 13.1 Å². The third-order valence-electron chi connectivity index (χ3n) is 5.79. The molecule has 1 saturated carbocycles. The van der Waals surface area contributed by atoms with Gasteiger partial charge in [-0.15, -0.1) is 0 Å². The Morgan fingerprint density at radius 3 is 1.59 bits per heavy atom. The molecular formula is C26H29NO2. The van der Waals surface area contributed by atoms with E-state index in [9.17, 15) is 5.11 Å². The molecule has 1 aliphatic rings. The van der Waals surface area contributed by atoms with Crippen molar-refractivity contribution in [1.29, 1.82) is 0 Å².